The first-order chi connectivity index (χ1) is 8.56. The standard InChI is InChI=1S/C13H11Br2NOS/c1-8-6-11(18-12(8)15)13(17)16-7-9-2-4-10(14)5-3-9/h2-6H,7H2,1H3,(H,16,17). The van der Waals surface area contributed by atoms with Crippen LogP contribution in [-0.4, -0.2) is 5.91 Å². The second-order valence-corrected chi connectivity index (χ2v) is 7.16. The van der Waals surface area contributed by atoms with Crippen molar-refractivity contribution in [3.63, 3.8) is 0 Å². The molecule has 1 N–H and O–H groups in total. The van der Waals surface area contributed by atoms with E-state index in [1.54, 1.807) is 0 Å². The van der Waals surface area contributed by atoms with Crippen LogP contribution in [0.15, 0.2) is 38.6 Å². The molecule has 0 bridgehead atoms. The van der Waals surface area contributed by atoms with Gasteiger partial charge in [-0.2, -0.15) is 0 Å². The Balaban J connectivity index is 1.98. The third-order valence-corrected chi connectivity index (χ3v) is 5.11. The monoisotopic (exact) mass is 387 g/mol. The molecule has 2 rings (SSSR count). The molecule has 0 aliphatic rings. The van der Waals surface area contributed by atoms with Gasteiger partial charge in [-0.25, -0.2) is 0 Å². The number of hydrogen-bond donors (Lipinski definition) is 1. The molecule has 1 heterocycles. The summed E-state index contributed by atoms with van der Waals surface area (Å²) >= 11 is 8.26. The summed E-state index contributed by atoms with van der Waals surface area (Å²) in [5, 5.41) is 2.91. The van der Waals surface area contributed by atoms with E-state index in [0.29, 0.717) is 6.54 Å². The molecular weight excluding hydrogens is 378 g/mol. The van der Waals surface area contributed by atoms with Gasteiger partial charge in [-0.1, -0.05) is 28.1 Å². The van der Waals surface area contributed by atoms with Gasteiger partial charge in [0.1, 0.15) is 0 Å². The van der Waals surface area contributed by atoms with Crippen LogP contribution < -0.4 is 5.32 Å². The average molecular weight is 389 g/mol. The van der Waals surface area contributed by atoms with Gasteiger partial charge in [-0.15, -0.1) is 11.3 Å². The maximum absolute atomic E-state index is 11.9. The Morgan fingerprint density at radius 2 is 1.94 bits per heavy atom. The number of carbonyl (C=O) groups is 1. The van der Waals surface area contributed by atoms with Crippen LogP contribution in [0.1, 0.15) is 20.8 Å². The number of carbonyl (C=O) groups excluding carboxylic acids is 1. The molecule has 94 valence electrons. The van der Waals surface area contributed by atoms with Crippen molar-refractivity contribution in [3.8, 4) is 0 Å². The van der Waals surface area contributed by atoms with Crippen LogP contribution in [0.5, 0.6) is 0 Å². The lowest BCUT2D eigenvalue weighted by Crippen LogP contribution is -2.21. The van der Waals surface area contributed by atoms with Crippen LogP contribution in [0.4, 0.5) is 0 Å². The largest absolute Gasteiger partial charge is 0.347 e. The van der Waals surface area contributed by atoms with Crippen molar-refractivity contribution in [1.82, 2.24) is 5.32 Å². The quantitative estimate of drug-likeness (QED) is 0.823. The number of thiophene rings is 1. The van der Waals surface area contributed by atoms with E-state index in [4.69, 9.17) is 0 Å². The van der Waals surface area contributed by atoms with Crippen LogP contribution in [-0.2, 0) is 6.54 Å². The summed E-state index contributed by atoms with van der Waals surface area (Å²) in [6, 6.07) is 9.80. The number of aryl methyl sites for hydroxylation is 1. The Morgan fingerprint density at radius 3 is 2.50 bits per heavy atom. The topological polar surface area (TPSA) is 29.1 Å². The molecule has 1 amide bonds. The lowest BCUT2D eigenvalue weighted by Gasteiger charge is -2.03. The molecule has 2 nitrogen and oxygen atoms in total. The molecule has 0 saturated heterocycles. The highest BCUT2D eigenvalue weighted by atomic mass is 79.9. The summed E-state index contributed by atoms with van der Waals surface area (Å²) in [5.74, 6) is -0.0308. The summed E-state index contributed by atoms with van der Waals surface area (Å²) in [4.78, 5) is 12.7. The van der Waals surface area contributed by atoms with Crippen molar-refractivity contribution in [2.45, 2.75) is 13.5 Å². The molecule has 0 aliphatic heterocycles. The zero-order chi connectivity index (χ0) is 13.1. The van der Waals surface area contributed by atoms with Gasteiger partial charge >= 0.3 is 0 Å². The van der Waals surface area contributed by atoms with Crippen LogP contribution in [0.3, 0.4) is 0 Å². The molecule has 0 fully saturated rings. The van der Waals surface area contributed by atoms with Gasteiger partial charge in [0, 0.05) is 11.0 Å². The fourth-order valence-electron chi connectivity index (χ4n) is 1.44. The minimum Gasteiger partial charge on any atom is -0.347 e. The Morgan fingerprint density at radius 1 is 1.28 bits per heavy atom. The predicted molar refractivity (Wildman–Crippen MR) is 82.1 cm³/mol. The van der Waals surface area contributed by atoms with Crippen LogP contribution in [0, 0.1) is 6.92 Å². The zero-order valence-corrected chi connectivity index (χ0v) is 13.7. The van der Waals surface area contributed by atoms with Crippen LogP contribution in [0.2, 0.25) is 0 Å². The van der Waals surface area contributed by atoms with E-state index in [9.17, 15) is 4.79 Å². The molecule has 0 spiro atoms. The SMILES string of the molecule is Cc1cc(C(=O)NCc2ccc(Br)cc2)sc1Br. The zero-order valence-electron chi connectivity index (χ0n) is 9.67. The van der Waals surface area contributed by atoms with E-state index in [1.165, 1.54) is 11.3 Å². The number of halogens is 2. The molecule has 0 saturated carbocycles. The van der Waals surface area contributed by atoms with Gasteiger partial charge in [-0.3, -0.25) is 4.79 Å². The minimum atomic E-state index is -0.0308. The average Bonchev–Trinajstić information content (AvgIpc) is 2.69. The summed E-state index contributed by atoms with van der Waals surface area (Å²) < 4.78 is 2.05. The van der Waals surface area contributed by atoms with E-state index in [1.807, 2.05) is 37.3 Å². The first kappa shape index (κ1) is 13.8. The minimum absolute atomic E-state index is 0.0308. The Labute approximate surface area is 127 Å². The number of hydrogen-bond acceptors (Lipinski definition) is 2. The summed E-state index contributed by atoms with van der Waals surface area (Å²) in [6.07, 6.45) is 0. The van der Waals surface area contributed by atoms with Gasteiger partial charge in [0.15, 0.2) is 0 Å². The lowest BCUT2D eigenvalue weighted by molar-refractivity contribution is 0.0955. The Kier molecular flexibility index (Phi) is 4.59. The van der Waals surface area contributed by atoms with Gasteiger partial charge in [0.05, 0.1) is 8.66 Å². The van der Waals surface area contributed by atoms with Gasteiger partial charge in [0.2, 0.25) is 0 Å². The van der Waals surface area contributed by atoms with Crippen LogP contribution >= 0.6 is 43.2 Å². The number of benzene rings is 1. The normalized spacial score (nSPS) is 10.4. The van der Waals surface area contributed by atoms with E-state index >= 15 is 0 Å². The highest BCUT2D eigenvalue weighted by Crippen LogP contribution is 2.27. The number of nitrogens with one attached hydrogen (secondary N) is 1. The summed E-state index contributed by atoms with van der Waals surface area (Å²) in [7, 11) is 0. The van der Waals surface area contributed by atoms with Crippen molar-refractivity contribution in [3.05, 3.63) is 54.6 Å². The van der Waals surface area contributed by atoms with Crippen molar-refractivity contribution >= 4 is 49.1 Å². The van der Waals surface area contributed by atoms with Gasteiger partial charge < -0.3 is 5.32 Å². The van der Waals surface area contributed by atoms with Crippen molar-refractivity contribution in [2.75, 3.05) is 0 Å². The molecule has 2 aromatic rings. The third-order valence-electron chi connectivity index (χ3n) is 2.45. The number of amides is 1. The van der Waals surface area contributed by atoms with E-state index in [0.717, 1.165) is 24.3 Å². The van der Waals surface area contributed by atoms with Crippen molar-refractivity contribution in [2.24, 2.45) is 0 Å². The maximum Gasteiger partial charge on any atom is 0.261 e. The first-order valence-electron chi connectivity index (χ1n) is 5.35. The highest BCUT2D eigenvalue weighted by Gasteiger charge is 2.10. The molecule has 1 aromatic carbocycles. The number of rotatable bonds is 3. The molecule has 1 aromatic heterocycles. The van der Waals surface area contributed by atoms with Crippen molar-refractivity contribution in [1.29, 1.82) is 0 Å². The third kappa shape index (κ3) is 3.43. The van der Waals surface area contributed by atoms with Crippen LogP contribution in [0.25, 0.3) is 0 Å². The second-order valence-electron chi connectivity index (χ2n) is 3.88. The predicted octanol–water partition coefficient (Wildman–Crippen LogP) is 4.51. The second kappa shape index (κ2) is 5.99. The fourth-order valence-corrected chi connectivity index (χ4v) is 3.16. The smallest absolute Gasteiger partial charge is 0.261 e. The molecule has 0 atom stereocenters. The molecule has 0 radical (unpaired) electrons. The van der Waals surface area contributed by atoms with E-state index < -0.39 is 0 Å². The molecule has 0 unspecified atom stereocenters. The molecule has 5 heteroatoms. The Hall–Kier alpha value is -0.650. The van der Waals surface area contributed by atoms with E-state index in [-0.39, 0.29) is 5.91 Å². The summed E-state index contributed by atoms with van der Waals surface area (Å²) in [5.41, 5.74) is 2.17. The maximum atomic E-state index is 11.9. The summed E-state index contributed by atoms with van der Waals surface area (Å²) in [6.45, 7) is 2.52. The highest BCUT2D eigenvalue weighted by molar-refractivity contribution is 9.11. The molecule has 18 heavy (non-hydrogen) atoms. The molecule has 0 aliphatic carbocycles. The lowest BCUT2D eigenvalue weighted by atomic mass is 10.2. The van der Waals surface area contributed by atoms with E-state index in [2.05, 4.69) is 37.2 Å². The van der Waals surface area contributed by atoms with Crippen molar-refractivity contribution < 1.29 is 4.79 Å². The fraction of sp³-hybridized carbons (Fsp3) is 0.154. The Bertz CT molecular complexity index is 543. The molecular formula is C13H11Br2NOS. The van der Waals surface area contributed by atoms with Gasteiger partial charge in [-0.05, 0) is 52.2 Å². The van der Waals surface area contributed by atoms with Gasteiger partial charge in [0.25, 0.3) is 5.91 Å². The first-order valence-corrected chi connectivity index (χ1v) is 7.75.